The van der Waals surface area contributed by atoms with Crippen LogP contribution in [0.2, 0.25) is 0 Å². The standard InChI is InChI=1S/C15H13F2N.C13H9FO/c1-4-9-12(16)6-5-10-14(9)11(8(2)3)7-13(18)15(10)17;1-3-11-12(14)5-4-9-7-10(15)6-8(2)13(9)11/h1,5-8H,18H2,2-3H3;1,4-7,15H,2H3. The van der Waals surface area contributed by atoms with Gasteiger partial charge in [0.1, 0.15) is 17.4 Å². The molecule has 0 spiro atoms. The van der Waals surface area contributed by atoms with E-state index in [0.717, 1.165) is 16.5 Å². The number of hydrogen-bond acceptors (Lipinski definition) is 2. The molecule has 0 fully saturated rings. The van der Waals surface area contributed by atoms with Gasteiger partial charge in [0.05, 0.1) is 16.8 Å². The van der Waals surface area contributed by atoms with Crippen LogP contribution >= 0.6 is 0 Å². The van der Waals surface area contributed by atoms with Crippen LogP contribution in [-0.2, 0) is 0 Å². The summed E-state index contributed by atoms with van der Waals surface area (Å²) in [4.78, 5) is 0. The minimum absolute atomic E-state index is 0.0563. The fourth-order valence-electron chi connectivity index (χ4n) is 3.89. The van der Waals surface area contributed by atoms with Gasteiger partial charge in [-0.25, -0.2) is 13.2 Å². The highest BCUT2D eigenvalue weighted by Crippen LogP contribution is 2.34. The topological polar surface area (TPSA) is 46.2 Å². The molecule has 2 nitrogen and oxygen atoms in total. The van der Waals surface area contributed by atoms with Crippen molar-refractivity contribution in [1.29, 1.82) is 0 Å². The Morgan fingerprint density at radius 1 is 0.879 bits per heavy atom. The number of benzene rings is 4. The molecule has 0 saturated heterocycles. The lowest BCUT2D eigenvalue weighted by Gasteiger charge is -2.14. The van der Waals surface area contributed by atoms with Crippen molar-refractivity contribution in [3.05, 3.63) is 82.2 Å². The van der Waals surface area contributed by atoms with Crippen molar-refractivity contribution in [3.63, 3.8) is 0 Å². The molecule has 0 unspecified atom stereocenters. The molecular formula is C28H22F3NO. The fraction of sp³-hybridized carbons (Fsp3) is 0.143. The van der Waals surface area contributed by atoms with E-state index < -0.39 is 17.5 Å². The van der Waals surface area contributed by atoms with Crippen LogP contribution in [0, 0.1) is 49.1 Å². The summed E-state index contributed by atoms with van der Waals surface area (Å²) in [5, 5.41) is 11.6. The number of terminal acetylenes is 2. The van der Waals surface area contributed by atoms with Crippen molar-refractivity contribution < 1.29 is 18.3 Å². The Morgan fingerprint density at radius 2 is 1.45 bits per heavy atom. The van der Waals surface area contributed by atoms with Crippen LogP contribution in [0.15, 0.2) is 42.5 Å². The van der Waals surface area contributed by atoms with E-state index in [1.165, 1.54) is 24.3 Å². The van der Waals surface area contributed by atoms with Crippen LogP contribution in [-0.4, -0.2) is 5.11 Å². The number of aromatic hydroxyl groups is 1. The summed E-state index contributed by atoms with van der Waals surface area (Å²) >= 11 is 0. The van der Waals surface area contributed by atoms with Crippen molar-refractivity contribution in [3.8, 4) is 30.4 Å². The second-order valence-electron chi connectivity index (χ2n) is 7.94. The molecule has 4 aromatic rings. The first kappa shape index (κ1) is 23.6. The second-order valence-corrected chi connectivity index (χ2v) is 7.94. The number of nitrogens with two attached hydrogens (primary N) is 1. The summed E-state index contributed by atoms with van der Waals surface area (Å²) in [6, 6.07) is 10.1. The van der Waals surface area contributed by atoms with Gasteiger partial charge in [0.25, 0.3) is 0 Å². The van der Waals surface area contributed by atoms with Crippen molar-refractivity contribution in [2.75, 3.05) is 5.73 Å². The summed E-state index contributed by atoms with van der Waals surface area (Å²) in [6.07, 6.45) is 10.6. The van der Waals surface area contributed by atoms with Crippen LogP contribution in [0.5, 0.6) is 5.75 Å². The largest absolute Gasteiger partial charge is 0.508 e. The zero-order chi connectivity index (χ0) is 24.4. The van der Waals surface area contributed by atoms with Gasteiger partial charge in [-0.1, -0.05) is 31.8 Å². The Morgan fingerprint density at radius 3 is 2.03 bits per heavy atom. The SMILES string of the molecule is C#Cc1c(F)ccc2c(F)c(N)cc(C(C)C)c12.C#Cc1c(F)ccc2cc(O)cc(C)c12. The highest BCUT2D eigenvalue weighted by Gasteiger charge is 2.17. The fourth-order valence-corrected chi connectivity index (χ4v) is 3.89. The average molecular weight is 445 g/mol. The maximum atomic E-state index is 14.0. The Labute approximate surface area is 190 Å². The van der Waals surface area contributed by atoms with Gasteiger partial charge < -0.3 is 10.8 Å². The molecule has 0 aliphatic carbocycles. The first-order valence-corrected chi connectivity index (χ1v) is 10.2. The van der Waals surface area contributed by atoms with Gasteiger partial charge >= 0.3 is 0 Å². The van der Waals surface area contributed by atoms with E-state index in [1.54, 1.807) is 25.1 Å². The monoisotopic (exact) mass is 445 g/mol. The molecule has 3 N–H and O–H groups in total. The third kappa shape index (κ3) is 4.31. The van der Waals surface area contributed by atoms with Gasteiger partial charge in [0.15, 0.2) is 5.82 Å². The van der Waals surface area contributed by atoms with Gasteiger partial charge in [-0.2, -0.15) is 0 Å². The van der Waals surface area contributed by atoms with Crippen LogP contribution in [0.25, 0.3) is 21.5 Å². The van der Waals surface area contributed by atoms with E-state index in [-0.39, 0.29) is 33.9 Å². The predicted octanol–water partition coefficient (Wildman–Crippen LogP) is 6.78. The van der Waals surface area contributed by atoms with Crippen LogP contribution < -0.4 is 5.73 Å². The van der Waals surface area contributed by atoms with E-state index >= 15 is 0 Å². The van der Waals surface area contributed by atoms with Crippen LogP contribution in [0.1, 0.15) is 42.0 Å². The Balaban J connectivity index is 0.000000189. The molecule has 5 heteroatoms. The lowest BCUT2D eigenvalue weighted by atomic mass is 9.91. The molecule has 0 bridgehead atoms. The van der Waals surface area contributed by atoms with Crippen molar-refractivity contribution in [2.45, 2.75) is 26.7 Å². The molecular weight excluding hydrogens is 423 g/mol. The van der Waals surface area contributed by atoms with Gasteiger partial charge in [-0.15, -0.1) is 12.8 Å². The smallest absolute Gasteiger partial charge is 0.153 e. The Kier molecular flexibility index (Phi) is 6.56. The minimum Gasteiger partial charge on any atom is -0.508 e. The highest BCUT2D eigenvalue weighted by atomic mass is 19.1. The molecule has 4 aromatic carbocycles. The van der Waals surface area contributed by atoms with Crippen molar-refractivity contribution in [2.24, 2.45) is 0 Å². The Hall–Kier alpha value is -4.09. The maximum absolute atomic E-state index is 14.0. The van der Waals surface area contributed by atoms with E-state index in [1.807, 2.05) is 13.8 Å². The molecule has 0 aromatic heterocycles. The average Bonchev–Trinajstić information content (AvgIpc) is 2.76. The van der Waals surface area contributed by atoms with Crippen molar-refractivity contribution in [1.82, 2.24) is 0 Å². The van der Waals surface area contributed by atoms with Gasteiger partial charge in [0.2, 0.25) is 0 Å². The van der Waals surface area contributed by atoms with Crippen molar-refractivity contribution >= 4 is 27.2 Å². The maximum Gasteiger partial charge on any atom is 0.153 e. The minimum atomic E-state index is -0.550. The summed E-state index contributed by atoms with van der Waals surface area (Å²) in [7, 11) is 0. The second kappa shape index (κ2) is 9.18. The quantitative estimate of drug-likeness (QED) is 0.251. The number of hydrogen-bond donors (Lipinski definition) is 2. The molecule has 0 aliphatic heterocycles. The summed E-state index contributed by atoms with van der Waals surface area (Å²) in [5.74, 6) is 3.40. The zero-order valence-electron chi connectivity index (χ0n) is 18.4. The van der Waals surface area contributed by atoms with E-state index in [9.17, 15) is 18.3 Å². The molecule has 166 valence electrons. The normalized spacial score (nSPS) is 10.6. The highest BCUT2D eigenvalue weighted by molar-refractivity contribution is 5.95. The van der Waals surface area contributed by atoms with E-state index in [0.29, 0.717) is 10.8 Å². The summed E-state index contributed by atoms with van der Waals surface area (Å²) in [5.41, 5.74) is 7.57. The van der Waals surface area contributed by atoms with Gasteiger partial charge in [-0.3, -0.25) is 0 Å². The molecule has 4 rings (SSSR count). The number of halogens is 3. The summed E-state index contributed by atoms with van der Waals surface area (Å²) < 4.78 is 41.1. The van der Waals surface area contributed by atoms with E-state index in [2.05, 4.69) is 11.8 Å². The summed E-state index contributed by atoms with van der Waals surface area (Å²) in [6.45, 7) is 5.65. The number of fused-ring (bicyclic) bond motifs is 2. The predicted molar refractivity (Wildman–Crippen MR) is 129 cm³/mol. The molecule has 0 heterocycles. The molecule has 0 saturated carbocycles. The van der Waals surface area contributed by atoms with Crippen LogP contribution in [0.4, 0.5) is 18.9 Å². The first-order valence-electron chi connectivity index (χ1n) is 10.2. The van der Waals surface area contributed by atoms with Gasteiger partial charge in [0, 0.05) is 16.2 Å². The molecule has 0 aliphatic rings. The number of nitrogen functional groups attached to an aromatic ring is 1. The number of rotatable bonds is 1. The number of phenolic OH excluding ortho intramolecular Hbond substituents is 1. The number of phenols is 1. The lowest BCUT2D eigenvalue weighted by Crippen LogP contribution is -2.01. The molecule has 33 heavy (non-hydrogen) atoms. The number of aryl methyl sites for hydroxylation is 1. The lowest BCUT2D eigenvalue weighted by molar-refractivity contribution is 0.476. The molecule has 0 radical (unpaired) electrons. The Bertz CT molecular complexity index is 1470. The van der Waals surface area contributed by atoms with Crippen LogP contribution in [0.3, 0.4) is 0 Å². The molecule has 0 amide bonds. The molecule has 0 atom stereocenters. The first-order chi connectivity index (χ1) is 15.6. The number of anilines is 1. The third-order valence-electron chi connectivity index (χ3n) is 5.40. The van der Waals surface area contributed by atoms with Gasteiger partial charge in [-0.05, 0) is 65.8 Å². The zero-order valence-corrected chi connectivity index (χ0v) is 18.4. The van der Waals surface area contributed by atoms with E-state index in [4.69, 9.17) is 18.6 Å². The third-order valence-corrected chi connectivity index (χ3v) is 5.40.